The van der Waals surface area contributed by atoms with Gasteiger partial charge in [0, 0.05) is 50.9 Å². The van der Waals surface area contributed by atoms with Crippen LogP contribution in [0.15, 0.2) is 65.0 Å². The Kier molecular flexibility index (Phi) is 30.0. The Morgan fingerprint density at radius 2 is 1.24 bits per heavy atom. The van der Waals surface area contributed by atoms with Gasteiger partial charge in [0.05, 0.1) is 37.7 Å². The molecule has 0 bridgehead atoms. The fourth-order valence-electron chi connectivity index (χ4n) is 8.89. The number of aliphatic hydroxyl groups excluding tert-OH is 2. The molecule has 2 aromatic carbocycles. The van der Waals surface area contributed by atoms with Gasteiger partial charge in [0.2, 0.25) is 53.2 Å². The Balaban J connectivity index is 1.86. The number of carboxylic acids is 1. The summed E-state index contributed by atoms with van der Waals surface area (Å²) in [7, 11) is 0. The summed E-state index contributed by atoms with van der Waals surface area (Å²) in [5.41, 5.74) is 28.7. The second kappa shape index (κ2) is 36.1. The molecule has 0 aliphatic rings. The number of fused-ring (bicyclic) bond motifs is 1. The number of nitrogens with zero attached hydrogens (tertiary/aromatic N) is 5. The summed E-state index contributed by atoms with van der Waals surface area (Å²) in [5, 5.41) is 50.5. The average Bonchev–Trinajstić information content (AvgIpc) is 3.40. The van der Waals surface area contributed by atoms with Gasteiger partial charge in [-0.05, 0) is 68.2 Å². The van der Waals surface area contributed by atoms with E-state index in [-0.39, 0.29) is 69.7 Å². The number of hydrogen-bond donors (Lipinski definition) is 16. The van der Waals surface area contributed by atoms with Crippen LogP contribution in [0.1, 0.15) is 85.4 Å². The monoisotopic (exact) mass is 1220 g/mol. The number of carboxylic acid groups (broad SMARTS) is 1. The highest BCUT2D eigenvalue weighted by atomic mass is 16.4. The van der Waals surface area contributed by atoms with Gasteiger partial charge in [-0.25, -0.2) is 4.98 Å². The zero-order valence-electron chi connectivity index (χ0n) is 50.3. The molecule has 21 N–H and O–H groups in total. The molecule has 1 unspecified atom stereocenters. The lowest BCUT2D eigenvalue weighted by Gasteiger charge is -2.31. The van der Waals surface area contributed by atoms with E-state index in [1.165, 1.54) is 19.4 Å². The fourth-order valence-corrected chi connectivity index (χ4v) is 8.89. The molecule has 10 atom stereocenters. The van der Waals surface area contributed by atoms with E-state index in [0.29, 0.717) is 24.1 Å². The number of H-pyrrole nitrogens is 1. The first-order valence-electron chi connectivity index (χ1n) is 28.6. The van der Waals surface area contributed by atoms with Crippen molar-refractivity contribution in [3.8, 4) is 0 Å². The number of hydrogen-bond acceptors (Lipinski definition) is 16. The third kappa shape index (κ3) is 24.9. The first kappa shape index (κ1) is 72.3. The van der Waals surface area contributed by atoms with Gasteiger partial charge < -0.3 is 96.0 Å². The molecule has 1 aromatic heterocycles. The predicted octanol–water partition coefficient (Wildman–Crippen LogP) is -4.36. The number of imidazole rings is 1. The van der Waals surface area contributed by atoms with Crippen LogP contribution in [-0.2, 0) is 60.8 Å². The maximum absolute atomic E-state index is 14.6. The van der Waals surface area contributed by atoms with Gasteiger partial charge in [0.15, 0.2) is 11.9 Å². The van der Waals surface area contributed by atoms with E-state index in [1.54, 1.807) is 45.9 Å². The molecule has 31 nitrogen and oxygen atoms in total. The Hall–Kier alpha value is -8.97. The molecule has 87 heavy (non-hydrogen) atoms. The molecule has 9 amide bonds. The number of nitrogens with two attached hydrogens (primary N) is 5. The van der Waals surface area contributed by atoms with Gasteiger partial charge in [-0.2, -0.15) is 0 Å². The van der Waals surface area contributed by atoms with Crippen LogP contribution in [0.25, 0.3) is 10.8 Å². The number of nitrogens with one attached hydrogen (secondary N) is 8. The highest BCUT2D eigenvalue weighted by Gasteiger charge is 2.37. The molecular weight excluding hydrogens is 1130 g/mol. The van der Waals surface area contributed by atoms with E-state index in [0.717, 1.165) is 34.4 Å². The number of guanidine groups is 2. The van der Waals surface area contributed by atoms with Crippen LogP contribution in [0.4, 0.5) is 0 Å². The number of aliphatic hydroxyl groups is 2. The van der Waals surface area contributed by atoms with Crippen LogP contribution in [-0.4, -0.2) is 206 Å². The number of carbonyl (C=O) groups is 10. The first-order valence-corrected chi connectivity index (χ1v) is 28.6. The molecule has 0 aliphatic heterocycles. The minimum atomic E-state index is -1.87. The summed E-state index contributed by atoms with van der Waals surface area (Å²) < 4.78 is 0. The maximum Gasteiger partial charge on any atom is 0.323 e. The molecular formula is C56H88N18O13. The summed E-state index contributed by atoms with van der Waals surface area (Å²) in [4.78, 5) is 153. The molecule has 0 spiro atoms. The number of rotatable bonds is 37. The highest BCUT2D eigenvalue weighted by molar-refractivity contribution is 5.98. The van der Waals surface area contributed by atoms with Crippen molar-refractivity contribution in [1.29, 1.82) is 0 Å². The largest absolute Gasteiger partial charge is 0.480 e. The van der Waals surface area contributed by atoms with Crippen LogP contribution >= 0.6 is 0 Å². The SMILES string of the molecule is CCC(C)[C@H](NC(=O)CN(CCCN=C(N)N)C(=O)CNC(=O)[C@@H](NC(=O)[C@@H](NC(=O)[C@H](Cc1cnc[nH]1)NC(=O)[C@H](Cc1cccc2ccccc12)NC(=O)[C@H](C)NC(=O)[C@@H](N)CCCN=C(N)N)[C@@H](C)O)[C@@H](C)O)C(=O)N(CC(=O)O)CC(C)C. The van der Waals surface area contributed by atoms with E-state index in [1.807, 2.05) is 24.3 Å². The molecule has 3 aromatic rings. The van der Waals surface area contributed by atoms with Gasteiger partial charge in [0.1, 0.15) is 42.8 Å². The molecule has 480 valence electrons. The number of aromatic amines is 1. The van der Waals surface area contributed by atoms with Crippen molar-refractivity contribution < 1.29 is 63.3 Å². The van der Waals surface area contributed by atoms with Crippen LogP contribution in [0.5, 0.6) is 0 Å². The van der Waals surface area contributed by atoms with Gasteiger partial charge in [-0.3, -0.25) is 57.9 Å². The van der Waals surface area contributed by atoms with Crippen molar-refractivity contribution in [2.75, 3.05) is 45.8 Å². The van der Waals surface area contributed by atoms with E-state index in [9.17, 15) is 63.3 Å². The third-order valence-electron chi connectivity index (χ3n) is 13.7. The van der Waals surface area contributed by atoms with Crippen molar-refractivity contribution in [3.63, 3.8) is 0 Å². The molecule has 0 saturated heterocycles. The van der Waals surface area contributed by atoms with E-state index in [4.69, 9.17) is 28.7 Å². The topological polar surface area (TPSA) is 506 Å². The number of carbonyl (C=O) groups excluding carboxylic acids is 9. The molecule has 31 heteroatoms. The standard InChI is InChI=1S/C56H88N18O13/c1-8-31(4)45(54(87)74(26-30(2)3)28-44(79)80)70-42(77)27-73(21-13-20-64-56(60)61)43(78)25-65-52(85)46(33(6)75)72-53(86)47(34(7)76)71-51(84)41(23-37-24-62-29-66-37)69-50(83)40(22-36-16-11-15-35-14-9-10-17-38(35)36)68-48(81)32(5)67-49(82)39(57)18-12-19-63-55(58)59/h9-11,14-17,24,29-34,39-41,45-47,75-76H,8,12-13,18-23,25-28,57H2,1-7H3,(H,62,66)(H,65,85)(H,67,82)(H,68,81)(H,69,83)(H,70,77)(H,71,84)(H,72,86)(H,79,80)(H4,58,59,63)(H4,60,61,64)/t31?,32-,33+,34+,39-,40-,41-,45-,46-,47-/m0/s1. The van der Waals surface area contributed by atoms with Crippen molar-refractivity contribution >= 4 is 81.8 Å². The van der Waals surface area contributed by atoms with Crippen LogP contribution in [0.3, 0.4) is 0 Å². The summed E-state index contributed by atoms with van der Waals surface area (Å²) in [5.74, 6) is -10.1. The number of aliphatic imine (C=N–C) groups is 2. The molecule has 0 fully saturated rings. The van der Waals surface area contributed by atoms with E-state index in [2.05, 4.69) is 57.2 Å². The summed E-state index contributed by atoms with van der Waals surface area (Å²) in [6.45, 7) is 8.87. The van der Waals surface area contributed by atoms with Crippen molar-refractivity contribution in [3.05, 3.63) is 66.2 Å². The number of amides is 9. The summed E-state index contributed by atoms with van der Waals surface area (Å²) >= 11 is 0. The predicted molar refractivity (Wildman–Crippen MR) is 322 cm³/mol. The minimum absolute atomic E-state index is 0.0231. The Bertz CT molecular complexity index is 2850. The van der Waals surface area contributed by atoms with Gasteiger partial charge in [-0.15, -0.1) is 0 Å². The lowest BCUT2D eigenvalue weighted by Crippen LogP contribution is -2.62. The van der Waals surface area contributed by atoms with Gasteiger partial charge in [-0.1, -0.05) is 76.6 Å². The average molecular weight is 1220 g/mol. The Morgan fingerprint density at radius 3 is 1.84 bits per heavy atom. The molecule has 1 heterocycles. The second-order valence-electron chi connectivity index (χ2n) is 21.6. The normalized spacial score (nSPS) is 14.6. The van der Waals surface area contributed by atoms with Crippen LogP contribution in [0.2, 0.25) is 0 Å². The van der Waals surface area contributed by atoms with Crippen LogP contribution in [0, 0.1) is 11.8 Å². The number of aliphatic carboxylic acids is 1. The second-order valence-corrected chi connectivity index (χ2v) is 21.6. The smallest absolute Gasteiger partial charge is 0.323 e. The lowest BCUT2D eigenvalue weighted by atomic mass is 9.97. The maximum atomic E-state index is 14.6. The number of aromatic nitrogens is 2. The Labute approximate surface area is 504 Å². The zero-order valence-corrected chi connectivity index (χ0v) is 50.3. The summed E-state index contributed by atoms with van der Waals surface area (Å²) in [6.07, 6.45) is -0.0133. The third-order valence-corrected chi connectivity index (χ3v) is 13.7. The van der Waals surface area contributed by atoms with E-state index >= 15 is 0 Å². The minimum Gasteiger partial charge on any atom is -0.480 e. The molecule has 0 radical (unpaired) electrons. The lowest BCUT2D eigenvalue weighted by molar-refractivity contribution is -0.147. The fraction of sp³-hybridized carbons (Fsp3) is 0.554. The Morgan fingerprint density at radius 1 is 0.655 bits per heavy atom. The van der Waals surface area contributed by atoms with Gasteiger partial charge in [0.25, 0.3) is 0 Å². The quantitative estimate of drug-likeness (QED) is 0.0147. The van der Waals surface area contributed by atoms with Crippen LogP contribution < -0.4 is 65.9 Å². The molecule has 0 aliphatic carbocycles. The number of benzene rings is 2. The molecule has 0 saturated carbocycles. The highest BCUT2D eigenvalue weighted by Crippen LogP contribution is 2.21. The van der Waals surface area contributed by atoms with Crippen molar-refractivity contribution in [2.24, 2.45) is 50.5 Å². The van der Waals surface area contributed by atoms with Gasteiger partial charge >= 0.3 is 5.97 Å². The van der Waals surface area contributed by atoms with E-state index < -0.39 is 139 Å². The summed E-state index contributed by atoms with van der Waals surface area (Å²) in [6, 6.07) is 2.57. The first-order chi connectivity index (χ1) is 41.0. The molecule has 3 rings (SSSR count). The van der Waals surface area contributed by atoms with Crippen molar-refractivity contribution in [1.82, 2.24) is 57.0 Å². The zero-order chi connectivity index (χ0) is 65.1. The van der Waals surface area contributed by atoms with Crippen molar-refractivity contribution in [2.45, 2.75) is 141 Å².